The minimum atomic E-state index is -0.176. The molecule has 0 spiro atoms. The van der Waals surface area contributed by atoms with E-state index in [2.05, 4.69) is 12.2 Å². The molecule has 0 saturated carbocycles. The molecule has 0 aliphatic carbocycles. The van der Waals surface area contributed by atoms with Crippen LogP contribution in [0.4, 0.5) is 0 Å². The predicted octanol–water partition coefficient (Wildman–Crippen LogP) is 2.83. The maximum absolute atomic E-state index is 11.8. The molecule has 5 heteroatoms. The molecule has 1 amide bonds. The fourth-order valence-electron chi connectivity index (χ4n) is 2.22. The number of carbonyl (C=O) groups is 1. The molecule has 0 heterocycles. The molecule has 0 unspecified atom stereocenters. The molecule has 0 aliphatic heterocycles. The highest BCUT2D eigenvalue weighted by Crippen LogP contribution is 2.25. The van der Waals surface area contributed by atoms with E-state index in [1.165, 1.54) is 0 Å². The van der Waals surface area contributed by atoms with Crippen molar-refractivity contribution in [1.82, 2.24) is 5.32 Å². The maximum Gasteiger partial charge on any atom is 0.258 e. The molecule has 0 atom stereocenters. The van der Waals surface area contributed by atoms with Gasteiger partial charge in [0.1, 0.15) is 12.4 Å². The first-order valence-corrected chi connectivity index (χ1v) is 7.97. The number of methoxy groups -OCH3 is 1. The third kappa shape index (κ3) is 5.19. The third-order valence-corrected chi connectivity index (χ3v) is 3.46. The third-order valence-electron chi connectivity index (χ3n) is 3.46. The summed E-state index contributed by atoms with van der Waals surface area (Å²) in [6.07, 6.45) is 0.866. The van der Waals surface area contributed by atoms with Crippen LogP contribution >= 0.6 is 0 Å². The number of hydrogen-bond donors (Lipinski definition) is 1. The first kappa shape index (κ1) is 17.7. The molecule has 0 fully saturated rings. The molecular formula is C19H23NO4. The van der Waals surface area contributed by atoms with Crippen molar-refractivity contribution in [2.45, 2.75) is 13.3 Å². The van der Waals surface area contributed by atoms with Gasteiger partial charge in [-0.1, -0.05) is 37.3 Å². The second-order valence-corrected chi connectivity index (χ2v) is 5.10. The molecule has 0 radical (unpaired) electrons. The van der Waals surface area contributed by atoms with Crippen LogP contribution in [0.15, 0.2) is 48.5 Å². The summed E-state index contributed by atoms with van der Waals surface area (Å²) < 4.78 is 16.4. The van der Waals surface area contributed by atoms with Gasteiger partial charge in [0.15, 0.2) is 18.1 Å². The van der Waals surface area contributed by atoms with Gasteiger partial charge in [-0.2, -0.15) is 0 Å². The first-order chi connectivity index (χ1) is 11.7. The van der Waals surface area contributed by atoms with Crippen molar-refractivity contribution < 1.29 is 19.0 Å². The van der Waals surface area contributed by atoms with Crippen molar-refractivity contribution in [2.75, 3.05) is 26.9 Å². The zero-order valence-corrected chi connectivity index (χ0v) is 14.1. The summed E-state index contributed by atoms with van der Waals surface area (Å²) in [5, 5.41) is 2.77. The Morgan fingerprint density at radius 1 is 0.958 bits per heavy atom. The van der Waals surface area contributed by atoms with Crippen molar-refractivity contribution in [3.8, 4) is 17.2 Å². The van der Waals surface area contributed by atoms with Crippen LogP contribution in [0.1, 0.15) is 12.5 Å². The van der Waals surface area contributed by atoms with Crippen LogP contribution in [0.5, 0.6) is 17.2 Å². The number of ether oxygens (including phenoxy) is 3. The normalized spacial score (nSPS) is 10.1. The van der Waals surface area contributed by atoms with Gasteiger partial charge in [0.05, 0.1) is 13.7 Å². The van der Waals surface area contributed by atoms with Crippen LogP contribution < -0.4 is 19.5 Å². The lowest BCUT2D eigenvalue weighted by Gasteiger charge is -2.12. The monoisotopic (exact) mass is 329 g/mol. The van der Waals surface area contributed by atoms with Gasteiger partial charge in [0.2, 0.25) is 0 Å². The molecule has 0 saturated heterocycles. The van der Waals surface area contributed by atoms with E-state index in [4.69, 9.17) is 14.2 Å². The lowest BCUT2D eigenvalue weighted by atomic mass is 10.1. The van der Waals surface area contributed by atoms with E-state index in [-0.39, 0.29) is 12.5 Å². The average Bonchev–Trinajstić information content (AvgIpc) is 2.64. The fraction of sp³-hybridized carbons (Fsp3) is 0.316. The molecule has 2 rings (SSSR count). The summed E-state index contributed by atoms with van der Waals surface area (Å²) in [6.45, 7) is 2.80. The molecule has 0 aromatic heterocycles. The Kier molecular flexibility index (Phi) is 6.95. The minimum absolute atomic E-state index is 0.00826. The Labute approximate surface area is 142 Å². The van der Waals surface area contributed by atoms with E-state index in [0.717, 1.165) is 17.7 Å². The molecule has 128 valence electrons. The van der Waals surface area contributed by atoms with Gasteiger partial charge in [-0.05, 0) is 30.2 Å². The Morgan fingerprint density at radius 3 is 2.33 bits per heavy atom. The standard InChI is InChI=1S/C19H23NO4/c1-3-15-8-4-5-9-16(15)24-14-19(21)20-12-13-23-18-11-7-6-10-17(18)22-2/h4-11H,3,12-14H2,1-2H3,(H,20,21). The van der Waals surface area contributed by atoms with E-state index in [9.17, 15) is 4.79 Å². The van der Waals surface area contributed by atoms with Crippen LogP contribution in [0.2, 0.25) is 0 Å². The minimum Gasteiger partial charge on any atom is -0.493 e. The largest absolute Gasteiger partial charge is 0.493 e. The first-order valence-electron chi connectivity index (χ1n) is 7.97. The van der Waals surface area contributed by atoms with Gasteiger partial charge in [-0.25, -0.2) is 0 Å². The number of amides is 1. The molecule has 1 N–H and O–H groups in total. The van der Waals surface area contributed by atoms with E-state index in [1.54, 1.807) is 7.11 Å². The molecule has 2 aromatic carbocycles. The molecule has 0 aliphatic rings. The van der Waals surface area contributed by atoms with E-state index in [1.807, 2.05) is 48.5 Å². The van der Waals surface area contributed by atoms with Gasteiger partial charge in [0.25, 0.3) is 5.91 Å². The van der Waals surface area contributed by atoms with E-state index < -0.39 is 0 Å². The quantitative estimate of drug-likeness (QED) is 0.719. The van der Waals surface area contributed by atoms with Crippen molar-refractivity contribution in [1.29, 1.82) is 0 Å². The number of carbonyl (C=O) groups excluding carboxylic acids is 1. The van der Waals surface area contributed by atoms with Crippen LogP contribution in [0.25, 0.3) is 0 Å². The van der Waals surface area contributed by atoms with E-state index >= 15 is 0 Å². The molecule has 2 aromatic rings. The average molecular weight is 329 g/mol. The van der Waals surface area contributed by atoms with Crippen LogP contribution in [-0.4, -0.2) is 32.8 Å². The van der Waals surface area contributed by atoms with Crippen molar-refractivity contribution in [3.63, 3.8) is 0 Å². The Bertz CT molecular complexity index is 657. The summed E-state index contributed by atoms with van der Waals surface area (Å²) >= 11 is 0. The maximum atomic E-state index is 11.8. The molecule has 5 nitrogen and oxygen atoms in total. The highest BCUT2D eigenvalue weighted by molar-refractivity contribution is 5.77. The van der Waals surface area contributed by atoms with Gasteiger partial charge in [-0.3, -0.25) is 4.79 Å². The number of nitrogens with one attached hydrogen (secondary N) is 1. The number of benzene rings is 2. The summed E-state index contributed by atoms with van der Waals surface area (Å²) in [5.41, 5.74) is 1.09. The van der Waals surface area contributed by atoms with Crippen molar-refractivity contribution in [3.05, 3.63) is 54.1 Å². The number of rotatable bonds is 9. The lowest BCUT2D eigenvalue weighted by molar-refractivity contribution is -0.123. The Hall–Kier alpha value is -2.69. The number of hydrogen-bond acceptors (Lipinski definition) is 4. The topological polar surface area (TPSA) is 56.8 Å². The number of aryl methyl sites for hydroxylation is 1. The highest BCUT2D eigenvalue weighted by atomic mass is 16.5. The summed E-state index contributed by atoms with van der Waals surface area (Å²) in [7, 11) is 1.59. The predicted molar refractivity (Wildman–Crippen MR) is 92.8 cm³/mol. The Balaban J connectivity index is 1.70. The molecule has 0 bridgehead atoms. The fourth-order valence-corrected chi connectivity index (χ4v) is 2.22. The van der Waals surface area contributed by atoms with Gasteiger partial charge in [0, 0.05) is 0 Å². The molecular weight excluding hydrogens is 306 g/mol. The van der Waals surface area contributed by atoms with Gasteiger partial charge >= 0.3 is 0 Å². The van der Waals surface area contributed by atoms with Gasteiger partial charge < -0.3 is 19.5 Å². The number of para-hydroxylation sites is 3. The zero-order chi connectivity index (χ0) is 17.2. The summed E-state index contributed by atoms with van der Waals surface area (Å²) in [6, 6.07) is 15.1. The zero-order valence-electron chi connectivity index (χ0n) is 14.1. The summed E-state index contributed by atoms with van der Waals surface area (Å²) in [4.78, 5) is 11.8. The summed E-state index contributed by atoms with van der Waals surface area (Å²) in [5.74, 6) is 1.90. The van der Waals surface area contributed by atoms with Crippen LogP contribution in [0.3, 0.4) is 0 Å². The van der Waals surface area contributed by atoms with Crippen LogP contribution in [0, 0.1) is 0 Å². The van der Waals surface area contributed by atoms with Gasteiger partial charge in [-0.15, -0.1) is 0 Å². The lowest BCUT2D eigenvalue weighted by Crippen LogP contribution is -2.32. The second kappa shape index (κ2) is 9.45. The van der Waals surface area contributed by atoms with Crippen LogP contribution in [-0.2, 0) is 11.2 Å². The van der Waals surface area contributed by atoms with Crippen molar-refractivity contribution in [2.24, 2.45) is 0 Å². The molecule has 24 heavy (non-hydrogen) atoms. The van der Waals surface area contributed by atoms with Crippen molar-refractivity contribution >= 4 is 5.91 Å². The SMILES string of the molecule is CCc1ccccc1OCC(=O)NCCOc1ccccc1OC. The smallest absolute Gasteiger partial charge is 0.258 e. The highest BCUT2D eigenvalue weighted by Gasteiger charge is 2.06. The Morgan fingerprint density at radius 2 is 1.62 bits per heavy atom. The second-order valence-electron chi connectivity index (χ2n) is 5.10. The van der Waals surface area contributed by atoms with E-state index in [0.29, 0.717) is 24.7 Å².